The zero-order chi connectivity index (χ0) is 57.6. The maximum atomic E-state index is 12.9. The Labute approximate surface area is 484 Å². The van der Waals surface area contributed by atoms with Crippen molar-refractivity contribution < 1.29 is 42.9 Å². The average molecular weight is 1100 g/mol. The molecule has 0 amide bonds. The van der Waals surface area contributed by atoms with E-state index in [0.29, 0.717) is 23.9 Å². The molecule has 0 bridgehead atoms. The summed E-state index contributed by atoms with van der Waals surface area (Å²) in [4.78, 5) is 37.5. The number of hydrogen-bond acceptors (Lipinski definition) is 7. The Balaban J connectivity index is 4.35. The van der Waals surface area contributed by atoms with Crippen molar-refractivity contribution in [3.8, 4) is 0 Å². The Bertz CT molecular complexity index is 1750. The second-order valence-electron chi connectivity index (χ2n) is 21.6. The van der Waals surface area contributed by atoms with E-state index in [1.54, 1.807) is 0 Å². The summed E-state index contributed by atoms with van der Waals surface area (Å²) < 4.78 is 22.8. The molecule has 2 unspecified atom stereocenters. The summed E-state index contributed by atoms with van der Waals surface area (Å²) in [5.41, 5.74) is 0. The third-order valence-electron chi connectivity index (χ3n) is 12.9. The van der Waals surface area contributed by atoms with Crippen molar-refractivity contribution in [1.82, 2.24) is 0 Å². The molecule has 0 radical (unpaired) electrons. The quantitative estimate of drug-likeness (QED) is 0.0211. The van der Waals surface area contributed by atoms with Crippen molar-refractivity contribution in [3.05, 3.63) is 134 Å². The number of nitrogens with zero attached hydrogens (tertiary/aromatic N) is 1. The minimum Gasteiger partial charge on any atom is -0.477 e. The number of quaternary nitrogens is 1. The van der Waals surface area contributed by atoms with Crippen LogP contribution in [0.1, 0.15) is 232 Å². The standard InChI is InChI=1S/C70H115NO8/c1-6-8-10-12-14-16-18-20-22-24-26-28-30-32-33-34-35-37-39-41-43-45-47-49-51-53-55-57-59-61-68(73)79-66(65-78-70(69(74)75)76-63-62-71(3,4)5)64-77-67(72)60-58-56-54-52-50-48-46-44-42-40-38-36-31-29-27-25-23-21-19-17-15-13-11-9-7-2/h8,10,14,16,19-22,25-28,32-33,35,37,41,43,47,49,53,55,66,70H,6-7,9,11-13,15,17-18,23-24,29-31,34,36,38-40,42,44-46,48,50-52,54,56-65H2,1-5H3/p+1/b10-8-,16-14-,21-19-,22-20-,27-25-,28-26-,33-32-,37-35-,43-41-,49-47-,55-53-. The van der Waals surface area contributed by atoms with Gasteiger partial charge in [0.2, 0.25) is 0 Å². The van der Waals surface area contributed by atoms with Gasteiger partial charge in [-0.3, -0.25) is 9.59 Å². The molecule has 0 saturated carbocycles. The second kappa shape index (κ2) is 59.5. The van der Waals surface area contributed by atoms with Gasteiger partial charge in [0.05, 0.1) is 34.4 Å². The highest BCUT2D eigenvalue weighted by molar-refractivity contribution is 5.71. The number of esters is 2. The van der Waals surface area contributed by atoms with E-state index in [1.807, 2.05) is 21.1 Å². The number of unbranched alkanes of at least 4 members (excludes halogenated alkanes) is 19. The van der Waals surface area contributed by atoms with Gasteiger partial charge in [-0.25, -0.2) is 4.79 Å². The number of hydrogen-bond donors (Lipinski definition) is 1. The number of ether oxygens (including phenoxy) is 4. The highest BCUT2D eigenvalue weighted by Crippen LogP contribution is 2.15. The first-order valence-corrected chi connectivity index (χ1v) is 31.3. The normalized spacial score (nSPS) is 13.7. The van der Waals surface area contributed by atoms with Gasteiger partial charge in [0.1, 0.15) is 13.2 Å². The summed E-state index contributed by atoms with van der Waals surface area (Å²) in [6.45, 7) is 4.68. The molecule has 0 saturated heterocycles. The van der Waals surface area contributed by atoms with Gasteiger partial charge in [0, 0.05) is 12.8 Å². The monoisotopic (exact) mass is 1100 g/mol. The maximum absolute atomic E-state index is 12.9. The number of carbonyl (C=O) groups excluding carboxylic acids is 2. The van der Waals surface area contributed by atoms with Crippen molar-refractivity contribution in [2.24, 2.45) is 0 Å². The highest BCUT2D eigenvalue weighted by Gasteiger charge is 2.25. The zero-order valence-electron chi connectivity index (χ0n) is 51.0. The number of allylic oxidation sites excluding steroid dienone is 22. The van der Waals surface area contributed by atoms with Crippen molar-refractivity contribution in [2.45, 2.75) is 245 Å². The lowest BCUT2D eigenvalue weighted by atomic mass is 10.0. The van der Waals surface area contributed by atoms with Gasteiger partial charge in [-0.2, -0.15) is 0 Å². The third-order valence-corrected chi connectivity index (χ3v) is 12.9. The Hall–Kier alpha value is -4.57. The smallest absolute Gasteiger partial charge is 0.361 e. The van der Waals surface area contributed by atoms with E-state index in [9.17, 15) is 19.5 Å². The molecule has 9 nitrogen and oxygen atoms in total. The first kappa shape index (κ1) is 74.4. The largest absolute Gasteiger partial charge is 0.477 e. The van der Waals surface area contributed by atoms with Gasteiger partial charge < -0.3 is 28.5 Å². The molecule has 0 aromatic heterocycles. The predicted molar refractivity (Wildman–Crippen MR) is 336 cm³/mol. The maximum Gasteiger partial charge on any atom is 0.361 e. The molecular formula is C70H116NO8+. The van der Waals surface area contributed by atoms with Crippen LogP contribution in [0.4, 0.5) is 0 Å². The number of likely N-dealkylation sites (N-methyl/N-ethyl adjacent to an activating group) is 1. The summed E-state index contributed by atoms with van der Waals surface area (Å²) in [6.07, 6.45) is 82.6. The molecular weight excluding hydrogens is 983 g/mol. The summed E-state index contributed by atoms with van der Waals surface area (Å²) in [6, 6.07) is 0. The van der Waals surface area contributed by atoms with Gasteiger partial charge >= 0.3 is 17.9 Å². The molecule has 0 aromatic rings. The van der Waals surface area contributed by atoms with Gasteiger partial charge in [-0.15, -0.1) is 0 Å². The Morgan fingerprint density at radius 3 is 1.11 bits per heavy atom. The molecule has 0 aromatic carbocycles. The lowest BCUT2D eigenvalue weighted by molar-refractivity contribution is -0.870. The predicted octanol–water partition coefficient (Wildman–Crippen LogP) is 19.0. The minimum absolute atomic E-state index is 0.169. The van der Waals surface area contributed by atoms with E-state index >= 15 is 0 Å². The number of carboxylic acid groups (broad SMARTS) is 1. The molecule has 0 aliphatic heterocycles. The molecule has 9 heteroatoms. The minimum atomic E-state index is -1.54. The number of aliphatic carboxylic acids is 1. The van der Waals surface area contributed by atoms with Crippen LogP contribution in [0.15, 0.2) is 134 Å². The number of carbonyl (C=O) groups is 3. The molecule has 0 spiro atoms. The van der Waals surface area contributed by atoms with E-state index in [-0.39, 0.29) is 38.6 Å². The second-order valence-corrected chi connectivity index (χ2v) is 21.6. The zero-order valence-corrected chi connectivity index (χ0v) is 51.0. The molecule has 1 N–H and O–H groups in total. The van der Waals surface area contributed by atoms with E-state index in [1.165, 1.54) is 109 Å². The van der Waals surface area contributed by atoms with Crippen LogP contribution in [0.25, 0.3) is 0 Å². The van der Waals surface area contributed by atoms with Crippen molar-refractivity contribution >= 4 is 17.9 Å². The van der Waals surface area contributed by atoms with Crippen LogP contribution >= 0.6 is 0 Å². The fourth-order valence-corrected chi connectivity index (χ4v) is 8.10. The highest BCUT2D eigenvalue weighted by atomic mass is 16.7. The van der Waals surface area contributed by atoms with Crippen LogP contribution in [0.5, 0.6) is 0 Å². The van der Waals surface area contributed by atoms with Gasteiger partial charge in [0.15, 0.2) is 6.10 Å². The van der Waals surface area contributed by atoms with Crippen LogP contribution in [0.2, 0.25) is 0 Å². The molecule has 0 aliphatic carbocycles. The molecule has 448 valence electrons. The first-order chi connectivity index (χ1) is 38.6. The van der Waals surface area contributed by atoms with Crippen LogP contribution < -0.4 is 0 Å². The summed E-state index contributed by atoms with van der Waals surface area (Å²) in [5, 5.41) is 9.72. The fraction of sp³-hybridized carbons (Fsp3) is 0.643. The van der Waals surface area contributed by atoms with Crippen molar-refractivity contribution in [1.29, 1.82) is 0 Å². The Morgan fingerprint density at radius 2 is 0.734 bits per heavy atom. The number of carboxylic acids is 1. The summed E-state index contributed by atoms with van der Waals surface area (Å²) in [7, 11) is 5.94. The Kier molecular flexibility index (Phi) is 56.1. The molecule has 79 heavy (non-hydrogen) atoms. The van der Waals surface area contributed by atoms with Crippen molar-refractivity contribution in [3.63, 3.8) is 0 Å². The van der Waals surface area contributed by atoms with Crippen molar-refractivity contribution in [2.75, 3.05) is 47.5 Å². The van der Waals surface area contributed by atoms with E-state index in [4.69, 9.17) is 18.9 Å². The third kappa shape index (κ3) is 60.9. The molecule has 2 atom stereocenters. The SMILES string of the molecule is CC/C=C\C/C=C\C/C=C\C/C=C\C/C=C\C/C=C\C/C=C\C/C=C\C/C=C\CCCC(=O)OC(COC(=O)CCCCCCCCCCCCCCC/C=C\C/C=C\CCCCCCC)COC(OCC[N+](C)(C)C)C(=O)O. The lowest BCUT2D eigenvalue weighted by Crippen LogP contribution is -2.40. The van der Waals surface area contributed by atoms with Gasteiger partial charge in [-0.05, 0) is 109 Å². The van der Waals surface area contributed by atoms with Gasteiger partial charge in [0.25, 0.3) is 6.29 Å². The Morgan fingerprint density at radius 1 is 0.392 bits per heavy atom. The molecule has 0 rings (SSSR count). The van der Waals surface area contributed by atoms with Crippen LogP contribution in [-0.2, 0) is 33.3 Å². The van der Waals surface area contributed by atoms with E-state index < -0.39 is 24.3 Å². The van der Waals surface area contributed by atoms with Gasteiger partial charge in [-0.1, -0.05) is 244 Å². The van der Waals surface area contributed by atoms with Crippen LogP contribution in [0.3, 0.4) is 0 Å². The topological polar surface area (TPSA) is 108 Å². The lowest BCUT2D eigenvalue weighted by Gasteiger charge is -2.25. The van der Waals surface area contributed by atoms with Crippen LogP contribution in [0, 0.1) is 0 Å². The summed E-state index contributed by atoms with van der Waals surface area (Å²) in [5.74, 6) is -2.10. The molecule has 0 fully saturated rings. The first-order valence-electron chi connectivity index (χ1n) is 31.3. The van der Waals surface area contributed by atoms with E-state index in [0.717, 1.165) is 83.5 Å². The number of rotatable bonds is 56. The molecule has 0 aliphatic rings. The van der Waals surface area contributed by atoms with E-state index in [2.05, 4.69) is 148 Å². The molecule has 0 heterocycles. The fourth-order valence-electron chi connectivity index (χ4n) is 8.10. The average Bonchev–Trinajstić information content (AvgIpc) is 3.42. The summed E-state index contributed by atoms with van der Waals surface area (Å²) >= 11 is 0. The van der Waals surface area contributed by atoms with Crippen LogP contribution in [-0.4, -0.2) is 87.4 Å².